The molecule has 0 bridgehead atoms. The van der Waals surface area contributed by atoms with Gasteiger partial charge in [-0.2, -0.15) is 0 Å². The van der Waals surface area contributed by atoms with Crippen molar-refractivity contribution in [3.05, 3.63) is 182 Å². The Morgan fingerprint density at radius 3 is 2.02 bits per heavy atom. The Balaban J connectivity index is 1.01. The highest BCUT2D eigenvalue weighted by Gasteiger charge is 2.29. The largest absolute Gasteiger partial charge is 0.454 e. The van der Waals surface area contributed by atoms with Gasteiger partial charge in [-0.3, -0.25) is 9.47 Å². The van der Waals surface area contributed by atoms with Crippen LogP contribution in [0.25, 0.3) is 83.0 Å². The highest BCUT2D eigenvalue weighted by Crippen LogP contribution is 2.53. The maximum absolute atomic E-state index is 6.67. The zero-order valence-corrected chi connectivity index (χ0v) is 29.9. The first-order valence-electron chi connectivity index (χ1n) is 18.7. The van der Waals surface area contributed by atoms with E-state index in [-0.39, 0.29) is 0 Å². The molecule has 8 aromatic carbocycles. The third-order valence-electron chi connectivity index (χ3n) is 11.0. The van der Waals surface area contributed by atoms with Crippen LogP contribution in [-0.4, -0.2) is 14.5 Å². The molecule has 6 heteroatoms. The molecule has 1 aliphatic rings. The smallest absolute Gasteiger partial charge is 0.235 e. The predicted molar refractivity (Wildman–Crippen MR) is 227 cm³/mol. The lowest BCUT2D eigenvalue weighted by molar-refractivity contribution is 0.477. The van der Waals surface area contributed by atoms with E-state index < -0.39 is 0 Å². The van der Waals surface area contributed by atoms with Crippen molar-refractivity contribution in [1.82, 2.24) is 14.5 Å². The van der Waals surface area contributed by atoms with Gasteiger partial charge in [0.05, 0.1) is 39.3 Å². The second-order valence-electron chi connectivity index (χ2n) is 14.2. The molecule has 0 unspecified atom stereocenters. The van der Waals surface area contributed by atoms with E-state index in [1.54, 1.807) is 0 Å². The second-order valence-corrected chi connectivity index (χ2v) is 14.2. The van der Waals surface area contributed by atoms with E-state index in [9.17, 15) is 0 Å². The second kappa shape index (κ2) is 11.9. The van der Waals surface area contributed by atoms with Gasteiger partial charge in [-0.15, -0.1) is 0 Å². The molecule has 262 valence electrons. The molecule has 0 spiro atoms. The minimum atomic E-state index is 0.641. The molecule has 0 amide bonds. The molecule has 0 N–H and O–H groups in total. The number of para-hydroxylation sites is 6. The minimum absolute atomic E-state index is 0.641. The van der Waals surface area contributed by atoms with Crippen LogP contribution in [-0.2, 0) is 0 Å². The molecule has 0 atom stereocenters. The number of fused-ring (bicyclic) bond motifs is 9. The average molecular weight is 719 g/mol. The average Bonchev–Trinajstić information content (AvgIpc) is 3.81. The molecule has 0 fully saturated rings. The molecular formula is C50H30N4O2. The Morgan fingerprint density at radius 2 is 1.09 bits per heavy atom. The van der Waals surface area contributed by atoms with Crippen LogP contribution < -0.4 is 9.64 Å². The van der Waals surface area contributed by atoms with Gasteiger partial charge >= 0.3 is 0 Å². The molecule has 12 rings (SSSR count). The maximum Gasteiger partial charge on any atom is 0.235 e. The molecule has 1 aliphatic heterocycles. The number of aromatic nitrogens is 3. The summed E-state index contributed by atoms with van der Waals surface area (Å²) in [5.41, 5.74) is 11.7. The number of furan rings is 1. The highest BCUT2D eigenvalue weighted by molar-refractivity contribution is 6.12. The van der Waals surface area contributed by atoms with Crippen LogP contribution in [0.4, 0.5) is 17.1 Å². The fourth-order valence-electron chi connectivity index (χ4n) is 8.45. The summed E-state index contributed by atoms with van der Waals surface area (Å²) < 4.78 is 15.4. The van der Waals surface area contributed by atoms with Crippen molar-refractivity contribution in [2.75, 3.05) is 4.90 Å². The van der Waals surface area contributed by atoms with Crippen LogP contribution in [0, 0.1) is 0 Å². The van der Waals surface area contributed by atoms with Crippen molar-refractivity contribution in [1.29, 1.82) is 0 Å². The van der Waals surface area contributed by atoms with Crippen molar-refractivity contribution < 1.29 is 9.15 Å². The first-order valence-corrected chi connectivity index (χ1v) is 18.7. The van der Waals surface area contributed by atoms with Crippen molar-refractivity contribution in [3.8, 4) is 39.8 Å². The summed E-state index contributed by atoms with van der Waals surface area (Å²) in [5.74, 6) is 2.20. The van der Waals surface area contributed by atoms with Crippen molar-refractivity contribution in [2.24, 2.45) is 0 Å². The van der Waals surface area contributed by atoms with Crippen LogP contribution >= 0.6 is 0 Å². The summed E-state index contributed by atoms with van der Waals surface area (Å²) >= 11 is 0. The van der Waals surface area contributed by atoms with Gasteiger partial charge in [0.25, 0.3) is 0 Å². The quantitative estimate of drug-likeness (QED) is 0.181. The maximum atomic E-state index is 6.67. The van der Waals surface area contributed by atoms with Gasteiger partial charge in [-0.25, -0.2) is 9.97 Å². The summed E-state index contributed by atoms with van der Waals surface area (Å²) in [4.78, 5) is 12.6. The number of hydrogen-bond acceptors (Lipinski definition) is 5. The fraction of sp³-hybridized carbons (Fsp3) is 0. The van der Waals surface area contributed by atoms with E-state index in [1.165, 1.54) is 0 Å². The van der Waals surface area contributed by atoms with Crippen molar-refractivity contribution in [3.63, 3.8) is 0 Å². The summed E-state index contributed by atoms with van der Waals surface area (Å²) in [6, 6.07) is 63.0. The number of anilines is 3. The van der Waals surface area contributed by atoms with E-state index in [1.807, 2.05) is 48.5 Å². The summed E-state index contributed by atoms with van der Waals surface area (Å²) in [6.07, 6.45) is 0. The summed E-state index contributed by atoms with van der Waals surface area (Å²) in [7, 11) is 0. The monoisotopic (exact) mass is 718 g/mol. The SMILES string of the molecule is c1ccc(-c2nc(-n3c4ccccc4c4cc(-c5ccc6c(c5)Oc5ccccc5N6c5cccc6c5oc5ccccc56)ccc43)nc3ccccc23)cc1. The standard InChI is InChI=1S/C50H30N4O2/c1-2-13-31(14-3-1)48-37-17-4-7-19-39(37)51-50(52-48)54-40-20-8-5-15-34(40)38-29-32(25-27-41(38)54)33-26-28-43-47(30-33)55-46-24-11-9-21-42(46)53(43)44-22-12-18-36-35-16-6-10-23-45(35)56-49(36)44/h1-30H. The number of nitrogens with zero attached hydrogens (tertiary/aromatic N) is 4. The van der Waals surface area contributed by atoms with Crippen LogP contribution in [0.2, 0.25) is 0 Å². The Kier molecular flexibility index (Phi) is 6.53. The lowest BCUT2D eigenvalue weighted by atomic mass is 10.0. The van der Waals surface area contributed by atoms with Crippen LogP contribution in [0.15, 0.2) is 186 Å². The van der Waals surface area contributed by atoms with Gasteiger partial charge in [0, 0.05) is 32.5 Å². The van der Waals surface area contributed by atoms with Crippen molar-refractivity contribution in [2.45, 2.75) is 0 Å². The molecule has 0 aliphatic carbocycles. The molecule has 0 saturated carbocycles. The minimum Gasteiger partial charge on any atom is -0.454 e. The van der Waals surface area contributed by atoms with E-state index >= 15 is 0 Å². The zero-order chi connectivity index (χ0) is 36.7. The zero-order valence-electron chi connectivity index (χ0n) is 29.9. The molecule has 3 aromatic heterocycles. The molecule has 11 aromatic rings. The van der Waals surface area contributed by atoms with Gasteiger partial charge in [-0.05, 0) is 71.8 Å². The van der Waals surface area contributed by atoms with Gasteiger partial charge in [0.1, 0.15) is 5.58 Å². The van der Waals surface area contributed by atoms with Crippen molar-refractivity contribution >= 4 is 71.7 Å². The third-order valence-corrected chi connectivity index (χ3v) is 11.0. The first-order chi connectivity index (χ1) is 27.8. The van der Waals surface area contributed by atoms with Crippen LogP contribution in [0.3, 0.4) is 0 Å². The Labute approximate surface area is 321 Å². The van der Waals surface area contributed by atoms with Crippen LogP contribution in [0.5, 0.6) is 11.5 Å². The van der Waals surface area contributed by atoms with Gasteiger partial charge in [-0.1, -0.05) is 121 Å². The Bertz CT molecular complexity index is 3360. The lowest BCUT2D eigenvalue weighted by Gasteiger charge is -2.33. The van der Waals surface area contributed by atoms with Gasteiger partial charge in [0.2, 0.25) is 5.95 Å². The van der Waals surface area contributed by atoms with E-state index in [4.69, 9.17) is 19.1 Å². The topological polar surface area (TPSA) is 56.3 Å². The normalized spacial score (nSPS) is 12.4. The molecule has 6 nitrogen and oxygen atoms in total. The number of hydrogen-bond donors (Lipinski definition) is 0. The van der Waals surface area contributed by atoms with Gasteiger partial charge in [0.15, 0.2) is 17.1 Å². The fourth-order valence-corrected chi connectivity index (χ4v) is 8.45. The predicted octanol–water partition coefficient (Wildman–Crippen LogP) is 13.5. The molecule has 0 radical (unpaired) electrons. The number of ether oxygens (including phenoxy) is 1. The molecule has 4 heterocycles. The third kappa shape index (κ3) is 4.56. The van der Waals surface area contributed by atoms with E-state index in [0.29, 0.717) is 5.95 Å². The highest BCUT2D eigenvalue weighted by atomic mass is 16.5. The Morgan fingerprint density at radius 1 is 0.411 bits per heavy atom. The van der Waals surface area contributed by atoms with Crippen LogP contribution in [0.1, 0.15) is 0 Å². The number of benzene rings is 8. The summed E-state index contributed by atoms with van der Waals surface area (Å²) in [5, 5.41) is 5.46. The van der Waals surface area contributed by atoms with E-state index in [0.717, 1.165) is 106 Å². The number of rotatable bonds is 4. The molecule has 0 saturated heterocycles. The first kappa shape index (κ1) is 30.7. The molecular weight excluding hydrogens is 689 g/mol. The summed E-state index contributed by atoms with van der Waals surface area (Å²) in [6.45, 7) is 0. The Hall–Kier alpha value is -7.70. The molecule has 56 heavy (non-hydrogen) atoms. The van der Waals surface area contributed by atoms with Gasteiger partial charge < -0.3 is 9.15 Å². The lowest BCUT2D eigenvalue weighted by Crippen LogP contribution is -2.16. The van der Waals surface area contributed by atoms with E-state index in [2.05, 4.69) is 143 Å².